The van der Waals surface area contributed by atoms with Crippen molar-refractivity contribution >= 4 is 11.8 Å². The number of benzene rings is 1. The first-order valence-electron chi connectivity index (χ1n) is 7.57. The number of rotatable bonds is 7. The van der Waals surface area contributed by atoms with Crippen molar-refractivity contribution in [2.75, 3.05) is 7.11 Å². The third-order valence-corrected chi connectivity index (χ3v) is 4.23. The lowest BCUT2D eigenvalue weighted by molar-refractivity contribution is 0.145. The Labute approximate surface area is 144 Å². The van der Waals surface area contributed by atoms with Crippen LogP contribution in [0.15, 0.2) is 29.4 Å². The molecule has 4 nitrogen and oxygen atoms in total. The summed E-state index contributed by atoms with van der Waals surface area (Å²) in [5, 5.41) is 0.338. The molecule has 2 N–H and O–H groups in total. The molecule has 0 spiro atoms. The second-order valence-electron chi connectivity index (χ2n) is 5.63. The monoisotopic (exact) mass is 353 g/mol. The smallest absolute Gasteiger partial charge is 0.280 e. The van der Waals surface area contributed by atoms with Crippen molar-refractivity contribution in [1.82, 2.24) is 9.97 Å². The van der Waals surface area contributed by atoms with Crippen LogP contribution in [-0.2, 0) is 12.2 Å². The van der Waals surface area contributed by atoms with Crippen LogP contribution in [0.1, 0.15) is 35.9 Å². The van der Waals surface area contributed by atoms with Gasteiger partial charge in [0, 0.05) is 23.1 Å². The van der Waals surface area contributed by atoms with Gasteiger partial charge in [-0.05, 0) is 38.0 Å². The number of aromatic nitrogens is 2. The molecule has 0 aliphatic rings. The maximum Gasteiger partial charge on any atom is 0.280 e. The van der Waals surface area contributed by atoms with Gasteiger partial charge >= 0.3 is 0 Å². The van der Waals surface area contributed by atoms with E-state index in [1.165, 1.54) is 17.8 Å². The SMILES string of the molecule is COc1ccc(CC(C)N)cc1CSc1nc(C)cc(C(F)F)n1. The number of halogens is 2. The zero-order valence-corrected chi connectivity index (χ0v) is 14.7. The van der Waals surface area contributed by atoms with E-state index in [2.05, 4.69) is 9.97 Å². The zero-order valence-electron chi connectivity index (χ0n) is 13.9. The number of nitrogens with zero attached hydrogens (tertiary/aromatic N) is 2. The molecule has 7 heteroatoms. The molecule has 0 bridgehead atoms. The number of hydrogen-bond donors (Lipinski definition) is 1. The zero-order chi connectivity index (χ0) is 17.7. The molecule has 1 aromatic heterocycles. The van der Waals surface area contributed by atoms with E-state index < -0.39 is 6.43 Å². The highest BCUT2D eigenvalue weighted by Gasteiger charge is 2.13. The first-order chi connectivity index (χ1) is 11.4. The Balaban J connectivity index is 2.18. The minimum atomic E-state index is -2.60. The summed E-state index contributed by atoms with van der Waals surface area (Å²) in [5.41, 5.74) is 8.20. The molecule has 1 unspecified atom stereocenters. The molecule has 0 saturated carbocycles. The van der Waals surface area contributed by atoms with Gasteiger partial charge in [0.1, 0.15) is 11.4 Å². The summed E-state index contributed by atoms with van der Waals surface area (Å²) in [6.07, 6.45) is -1.84. The summed E-state index contributed by atoms with van der Waals surface area (Å²) >= 11 is 1.31. The van der Waals surface area contributed by atoms with Gasteiger partial charge in [-0.1, -0.05) is 23.9 Å². The van der Waals surface area contributed by atoms with Crippen LogP contribution in [0.3, 0.4) is 0 Å². The number of ether oxygens (including phenoxy) is 1. The highest BCUT2D eigenvalue weighted by atomic mass is 32.2. The van der Waals surface area contributed by atoms with E-state index in [1.54, 1.807) is 14.0 Å². The topological polar surface area (TPSA) is 61.0 Å². The van der Waals surface area contributed by atoms with Crippen LogP contribution in [0.5, 0.6) is 5.75 Å². The van der Waals surface area contributed by atoms with Crippen LogP contribution >= 0.6 is 11.8 Å². The normalized spacial score (nSPS) is 12.5. The lowest BCUT2D eigenvalue weighted by atomic mass is 10.0. The Morgan fingerprint density at radius 3 is 2.62 bits per heavy atom. The second-order valence-corrected chi connectivity index (χ2v) is 6.58. The van der Waals surface area contributed by atoms with Gasteiger partial charge < -0.3 is 10.5 Å². The van der Waals surface area contributed by atoms with E-state index in [-0.39, 0.29) is 11.7 Å². The number of aryl methyl sites for hydroxylation is 1. The largest absolute Gasteiger partial charge is 0.496 e. The van der Waals surface area contributed by atoms with E-state index >= 15 is 0 Å². The summed E-state index contributed by atoms with van der Waals surface area (Å²) in [7, 11) is 1.60. The summed E-state index contributed by atoms with van der Waals surface area (Å²) in [4.78, 5) is 8.13. The van der Waals surface area contributed by atoms with Gasteiger partial charge in [0.2, 0.25) is 0 Å². The average Bonchev–Trinajstić information content (AvgIpc) is 2.52. The predicted octanol–water partition coefficient (Wildman–Crippen LogP) is 3.91. The molecule has 1 aromatic carbocycles. The molecule has 0 fully saturated rings. The quantitative estimate of drug-likeness (QED) is 0.604. The van der Waals surface area contributed by atoms with Crippen molar-refractivity contribution in [2.45, 2.75) is 43.6 Å². The van der Waals surface area contributed by atoms with Crippen LogP contribution in [0.25, 0.3) is 0 Å². The van der Waals surface area contributed by atoms with Crippen LogP contribution in [0.4, 0.5) is 8.78 Å². The van der Waals surface area contributed by atoms with Crippen molar-refractivity contribution in [1.29, 1.82) is 0 Å². The molecule has 0 radical (unpaired) electrons. The molecule has 1 atom stereocenters. The first-order valence-corrected chi connectivity index (χ1v) is 8.55. The molecule has 0 saturated heterocycles. The number of thioether (sulfide) groups is 1. The predicted molar refractivity (Wildman–Crippen MR) is 91.6 cm³/mol. The van der Waals surface area contributed by atoms with Gasteiger partial charge in [-0.3, -0.25) is 0 Å². The number of alkyl halides is 2. The Morgan fingerprint density at radius 2 is 2.00 bits per heavy atom. The molecule has 2 rings (SSSR count). The van der Waals surface area contributed by atoms with Crippen molar-refractivity contribution in [3.05, 3.63) is 46.8 Å². The Hall–Kier alpha value is -1.73. The summed E-state index contributed by atoms with van der Waals surface area (Å²) in [6, 6.07) is 7.27. The molecule has 130 valence electrons. The number of methoxy groups -OCH3 is 1. The fourth-order valence-electron chi connectivity index (χ4n) is 2.33. The molecule has 24 heavy (non-hydrogen) atoms. The fourth-order valence-corrected chi connectivity index (χ4v) is 3.22. The lowest BCUT2D eigenvalue weighted by Crippen LogP contribution is -2.17. The van der Waals surface area contributed by atoms with Crippen LogP contribution in [0, 0.1) is 6.92 Å². The Morgan fingerprint density at radius 1 is 1.25 bits per heavy atom. The van der Waals surface area contributed by atoms with Crippen molar-refractivity contribution < 1.29 is 13.5 Å². The van der Waals surface area contributed by atoms with E-state index in [0.717, 1.165) is 23.3 Å². The van der Waals surface area contributed by atoms with E-state index in [0.29, 0.717) is 16.6 Å². The summed E-state index contributed by atoms with van der Waals surface area (Å²) in [5.74, 6) is 1.28. The maximum absolute atomic E-state index is 12.9. The van der Waals surface area contributed by atoms with Gasteiger partial charge in [-0.25, -0.2) is 18.7 Å². The van der Waals surface area contributed by atoms with E-state index in [9.17, 15) is 8.78 Å². The van der Waals surface area contributed by atoms with Crippen LogP contribution in [0.2, 0.25) is 0 Å². The summed E-state index contributed by atoms with van der Waals surface area (Å²) in [6.45, 7) is 3.63. The molecule has 0 amide bonds. The highest BCUT2D eigenvalue weighted by molar-refractivity contribution is 7.98. The molecule has 0 aliphatic heterocycles. The van der Waals surface area contributed by atoms with Gasteiger partial charge in [0.15, 0.2) is 5.16 Å². The number of hydrogen-bond acceptors (Lipinski definition) is 5. The number of nitrogens with two attached hydrogens (primary N) is 1. The van der Waals surface area contributed by atoms with Gasteiger partial charge in [-0.15, -0.1) is 0 Å². The third-order valence-electron chi connectivity index (χ3n) is 3.34. The van der Waals surface area contributed by atoms with Crippen molar-refractivity contribution in [3.63, 3.8) is 0 Å². The molecule has 1 heterocycles. The second kappa shape index (κ2) is 8.39. The maximum atomic E-state index is 12.9. The minimum absolute atomic E-state index is 0.0626. The van der Waals surface area contributed by atoms with Gasteiger partial charge in [-0.2, -0.15) is 0 Å². The minimum Gasteiger partial charge on any atom is -0.496 e. The standard InChI is InChI=1S/C17H21F2N3OS/c1-10(20)6-12-4-5-15(23-3)13(8-12)9-24-17-21-11(2)7-14(22-17)16(18)19/h4-5,7-8,10,16H,6,9,20H2,1-3H3. The van der Waals surface area contributed by atoms with Crippen molar-refractivity contribution in [2.24, 2.45) is 5.73 Å². The first kappa shape index (κ1) is 18.6. The lowest BCUT2D eigenvalue weighted by Gasteiger charge is -2.12. The van der Waals surface area contributed by atoms with Crippen molar-refractivity contribution in [3.8, 4) is 5.75 Å². The molecular weight excluding hydrogens is 332 g/mol. The molecule has 0 aliphatic carbocycles. The highest BCUT2D eigenvalue weighted by Crippen LogP contribution is 2.29. The van der Waals surface area contributed by atoms with Crippen LogP contribution in [-0.4, -0.2) is 23.1 Å². The van der Waals surface area contributed by atoms with Gasteiger partial charge in [0.05, 0.1) is 7.11 Å². The fraction of sp³-hybridized carbons (Fsp3) is 0.412. The van der Waals surface area contributed by atoms with Gasteiger partial charge in [0.25, 0.3) is 6.43 Å². The molecular formula is C17H21F2N3OS. The Kier molecular flexibility index (Phi) is 6.51. The summed E-state index contributed by atoms with van der Waals surface area (Å²) < 4.78 is 31.1. The Bertz CT molecular complexity index is 696. The third kappa shape index (κ3) is 5.14. The van der Waals surface area contributed by atoms with E-state index in [4.69, 9.17) is 10.5 Å². The van der Waals surface area contributed by atoms with E-state index in [1.807, 2.05) is 25.1 Å². The molecule has 2 aromatic rings. The van der Waals surface area contributed by atoms with Crippen LogP contribution < -0.4 is 10.5 Å². The average molecular weight is 353 g/mol.